The number of aliphatic hydroxyl groups excluding tert-OH is 1. The van der Waals surface area contributed by atoms with E-state index >= 15 is 0 Å². The third-order valence-electron chi connectivity index (χ3n) is 10.7. The van der Waals surface area contributed by atoms with Crippen LogP contribution in [0.4, 0.5) is 0 Å². The van der Waals surface area contributed by atoms with Gasteiger partial charge in [-0.15, -0.1) is 0 Å². The first-order valence-electron chi connectivity index (χ1n) is 23.2. The van der Waals surface area contributed by atoms with E-state index in [-0.39, 0.29) is 5.97 Å². The molecule has 0 atom stereocenters. The van der Waals surface area contributed by atoms with E-state index in [1.165, 1.54) is 231 Å². The molecule has 0 amide bonds. The molecule has 0 fully saturated rings. The number of aliphatic hydroxyl groups is 1. The zero-order valence-electron chi connectivity index (χ0n) is 34.3. The predicted octanol–water partition coefficient (Wildman–Crippen LogP) is 16.1. The Hall–Kier alpha value is -0.830. The van der Waals surface area contributed by atoms with E-state index in [9.17, 15) is 4.79 Å². The molecule has 3 nitrogen and oxygen atoms in total. The van der Waals surface area contributed by atoms with Gasteiger partial charge in [-0.25, -0.2) is 0 Å². The van der Waals surface area contributed by atoms with Crippen molar-refractivity contribution in [2.45, 2.75) is 270 Å². The number of carbonyl (C=O) groups is 1. The molecule has 0 aliphatic heterocycles. The van der Waals surface area contributed by atoms with Gasteiger partial charge in [-0.3, -0.25) is 4.79 Å². The minimum Gasteiger partial charge on any atom is -0.466 e. The molecule has 0 rings (SSSR count). The third kappa shape index (κ3) is 45.2. The van der Waals surface area contributed by atoms with E-state index in [1.54, 1.807) is 0 Å². The van der Waals surface area contributed by atoms with Crippen molar-refractivity contribution >= 4 is 5.97 Å². The maximum Gasteiger partial charge on any atom is 0.305 e. The van der Waals surface area contributed by atoms with Crippen LogP contribution in [0.25, 0.3) is 0 Å². The summed E-state index contributed by atoms with van der Waals surface area (Å²) in [6.07, 6.45) is 59.2. The standard InChI is InChI=1S/C47H92O3/c1-2-3-4-5-6-7-29-32-35-38-41-44-47(49)50-46-43-40-37-34-31-28-26-24-22-20-18-16-14-12-10-8-9-11-13-15-17-19-21-23-25-27-30-33-36-39-42-45-48/h5-6,48H,2-4,7-46H2,1H3/b6-5-. The largest absolute Gasteiger partial charge is 0.466 e. The van der Waals surface area contributed by atoms with Crippen molar-refractivity contribution in [3.63, 3.8) is 0 Å². The Labute approximate surface area is 315 Å². The molecule has 3 heteroatoms. The van der Waals surface area contributed by atoms with Crippen LogP contribution in [-0.4, -0.2) is 24.3 Å². The van der Waals surface area contributed by atoms with Crippen LogP contribution >= 0.6 is 0 Å². The van der Waals surface area contributed by atoms with E-state index in [1.807, 2.05) is 0 Å². The lowest BCUT2D eigenvalue weighted by Crippen LogP contribution is -2.05. The van der Waals surface area contributed by atoms with Gasteiger partial charge < -0.3 is 9.84 Å². The molecule has 0 radical (unpaired) electrons. The second-order valence-electron chi connectivity index (χ2n) is 15.8. The van der Waals surface area contributed by atoms with E-state index in [2.05, 4.69) is 19.1 Å². The number of allylic oxidation sites excluding steroid dienone is 2. The van der Waals surface area contributed by atoms with Crippen molar-refractivity contribution < 1.29 is 14.6 Å². The van der Waals surface area contributed by atoms with Crippen LogP contribution in [0, 0.1) is 0 Å². The van der Waals surface area contributed by atoms with Gasteiger partial charge in [0.15, 0.2) is 0 Å². The van der Waals surface area contributed by atoms with E-state index in [0.717, 1.165) is 25.7 Å². The summed E-state index contributed by atoms with van der Waals surface area (Å²) >= 11 is 0. The molecule has 0 saturated carbocycles. The van der Waals surface area contributed by atoms with Crippen LogP contribution in [0.1, 0.15) is 270 Å². The molecule has 1 N–H and O–H groups in total. The number of rotatable bonds is 44. The fraction of sp³-hybridized carbons (Fsp3) is 0.936. The Morgan fingerprint density at radius 3 is 1.00 bits per heavy atom. The second kappa shape index (κ2) is 46.2. The van der Waals surface area contributed by atoms with Gasteiger partial charge in [-0.2, -0.15) is 0 Å². The SMILES string of the molecule is CCCC/C=C\CCCCCCCC(=O)OCCCCCCCCCCCCCCCCCCCCCCCCCCCCCCCCCO. The Morgan fingerprint density at radius 2 is 0.660 bits per heavy atom. The van der Waals surface area contributed by atoms with E-state index in [4.69, 9.17) is 9.84 Å². The summed E-state index contributed by atoms with van der Waals surface area (Å²) in [7, 11) is 0. The Balaban J connectivity index is 3.13. The highest BCUT2D eigenvalue weighted by atomic mass is 16.5. The van der Waals surface area contributed by atoms with Crippen molar-refractivity contribution in [3.05, 3.63) is 12.2 Å². The van der Waals surface area contributed by atoms with Crippen LogP contribution < -0.4 is 0 Å². The van der Waals surface area contributed by atoms with Gasteiger partial charge in [0, 0.05) is 13.0 Å². The third-order valence-corrected chi connectivity index (χ3v) is 10.7. The van der Waals surface area contributed by atoms with Gasteiger partial charge in [0.1, 0.15) is 0 Å². The van der Waals surface area contributed by atoms with Crippen LogP contribution in [0.15, 0.2) is 12.2 Å². The zero-order chi connectivity index (χ0) is 36.1. The van der Waals surface area contributed by atoms with Crippen LogP contribution in [-0.2, 0) is 9.53 Å². The molecule has 0 heterocycles. The van der Waals surface area contributed by atoms with E-state index < -0.39 is 0 Å². The van der Waals surface area contributed by atoms with Crippen LogP contribution in [0.2, 0.25) is 0 Å². The fourth-order valence-electron chi connectivity index (χ4n) is 7.22. The minimum absolute atomic E-state index is 0.0151. The summed E-state index contributed by atoms with van der Waals surface area (Å²) < 4.78 is 5.45. The first kappa shape index (κ1) is 49.2. The smallest absolute Gasteiger partial charge is 0.305 e. The topological polar surface area (TPSA) is 46.5 Å². The van der Waals surface area contributed by atoms with Gasteiger partial charge in [0.2, 0.25) is 0 Å². The van der Waals surface area contributed by atoms with Gasteiger partial charge in [0.05, 0.1) is 6.61 Å². The highest BCUT2D eigenvalue weighted by Gasteiger charge is 2.03. The molecule has 0 unspecified atom stereocenters. The highest BCUT2D eigenvalue weighted by molar-refractivity contribution is 5.69. The number of hydrogen-bond donors (Lipinski definition) is 1. The molecule has 298 valence electrons. The second-order valence-corrected chi connectivity index (χ2v) is 15.8. The van der Waals surface area contributed by atoms with Crippen molar-refractivity contribution in [2.24, 2.45) is 0 Å². The molecule has 50 heavy (non-hydrogen) atoms. The molecule has 0 aromatic rings. The van der Waals surface area contributed by atoms with E-state index in [0.29, 0.717) is 19.6 Å². The number of esters is 1. The molecule has 0 bridgehead atoms. The number of carbonyl (C=O) groups excluding carboxylic acids is 1. The lowest BCUT2D eigenvalue weighted by atomic mass is 10.0. The number of unbranched alkanes of at least 4 members (excludes halogenated alkanes) is 37. The molecule has 0 aromatic carbocycles. The van der Waals surface area contributed by atoms with Crippen molar-refractivity contribution in [2.75, 3.05) is 13.2 Å². The summed E-state index contributed by atoms with van der Waals surface area (Å²) in [5, 5.41) is 8.81. The van der Waals surface area contributed by atoms with Crippen molar-refractivity contribution in [1.82, 2.24) is 0 Å². The molecular formula is C47H92O3. The fourth-order valence-corrected chi connectivity index (χ4v) is 7.22. The highest BCUT2D eigenvalue weighted by Crippen LogP contribution is 2.17. The summed E-state index contributed by atoms with van der Waals surface area (Å²) in [6.45, 7) is 3.24. The maximum atomic E-state index is 11.9. The lowest BCUT2D eigenvalue weighted by molar-refractivity contribution is -0.143. The molecule has 0 aliphatic carbocycles. The first-order chi connectivity index (χ1) is 24.8. The monoisotopic (exact) mass is 705 g/mol. The average molecular weight is 705 g/mol. The van der Waals surface area contributed by atoms with Crippen LogP contribution in [0.5, 0.6) is 0 Å². The van der Waals surface area contributed by atoms with Crippen molar-refractivity contribution in [3.8, 4) is 0 Å². The Kier molecular flexibility index (Phi) is 45.4. The van der Waals surface area contributed by atoms with Crippen molar-refractivity contribution in [1.29, 1.82) is 0 Å². The maximum absolute atomic E-state index is 11.9. The summed E-state index contributed by atoms with van der Waals surface area (Å²) in [5.41, 5.74) is 0. The molecule has 0 aromatic heterocycles. The van der Waals surface area contributed by atoms with Gasteiger partial charge in [-0.05, 0) is 38.5 Å². The van der Waals surface area contributed by atoms with Gasteiger partial charge >= 0.3 is 5.97 Å². The molecule has 0 saturated heterocycles. The number of hydrogen-bond acceptors (Lipinski definition) is 3. The minimum atomic E-state index is 0.0151. The molecule has 0 spiro atoms. The summed E-state index contributed by atoms with van der Waals surface area (Å²) in [5.74, 6) is 0.0151. The van der Waals surface area contributed by atoms with Crippen LogP contribution in [0.3, 0.4) is 0 Å². The first-order valence-corrected chi connectivity index (χ1v) is 23.2. The predicted molar refractivity (Wildman–Crippen MR) is 222 cm³/mol. The molecule has 0 aliphatic rings. The zero-order valence-corrected chi connectivity index (χ0v) is 34.3. The summed E-state index contributed by atoms with van der Waals surface area (Å²) in [4.78, 5) is 11.9. The lowest BCUT2D eigenvalue weighted by Gasteiger charge is -2.06. The van der Waals surface area contributed by atoms with Gasteiger partial charge in [-0.1, -0.05) is 237 Å². The number of ether oxygens (including phenoxy) is 1. The van der Waals surface area contributed by atoms with Gasteiger partial charge in [0.25, 0.3) is 0 Å². The normalized spacial score (nSPS) is 11.6. The Morgan fingerprint density at radius 1 is 0.380 bits per heavy atom. The quantitative estimate of drug-likeness (QED) is 0.0390. The molecular weight excluding hydrogens is 613 g/mol. The Bertz CT molecular complexity index is 644. The average Bonchev–Trinajstić information content (AvgIpc) is 3.12. The summed E-state index contributed by atoms with van der Waals surface area (Å²) in [6, 6.07) is 0.